The van der Waals surface area contributed by atoms with Gasteiger partial charge in [0.15, 0.2) is 0 Å². The van der Waals surface area contributed by atoms with Crippen LogP contribution < -0.4 is 5.32 Å². The molecule has 1 amide bonds. The number of nitrogens with one attached hydrogen (secondary N) is 1. The molecule has 0 aromatic heterocycles. The molecule has 0 aliphatic heterocycles. The summed E-state index contributed by atoms with van der Waals surface area (Å²) in [5.74, 6) is -0.211. The van der Waals surface area contributed by atoms with Gasteiger partial charge in [-0.25, -0.2) is 0 Å². The highest BCUT2D eigenvalue weighted by Crippen LogP contribution is 2.22. The maximum absolute atomic E-state index is 11.8. The number of halogens is 2. The number of hydrogen-bond donors (Lipinski definition) is 2. The van der Waals surface area contributed by atoms with E-state index in [4.69, 9.17) is 16.3 Å². The van der Waals surface area contributed by atoms with Gasteiger partial charge in [0.1, 0.15) is 5.75 Å². The van der Waals surface area contributed by atoms with Crippen molar-refractivity contribution in [2.24, 2.45) is 0 Å². The fourth-order valence-corrected chi connectivity index (χ4v) is 1.80. The first-order valence-electron chi connectivity index (χ1n) is 4.92. The van der Waals surface area contributed by atoms with Gasteiger partial charge >= 0.3 is 0 Å². The molecule has 0 spiro atoms. The predicted octanol–water partition coefficient (Wildman–Crippen LogP) is 2.14. The number of phenols is 1. The number of hydrogen-bond acceptors (Lipinski definition) is 3. The van der Waals surface area contributed by atoms with E-state index in [9.17, 15) is 9.90 Å². The molecule has 1 aromatic carbocycles. The molecule has 0 radical (unpaired) electrons. The van der Waals surface area contributed by atoms with Crippen molar-refractivity contribution in [3.05, 3.63) is 28.2 Å². The lowest BCUT2D eigenvalue weighted by atomic mass is 10.2. The molecule has 0 bridgehead atoms. The highest BCUT2D eigenvalue weighted by Gasteiger charge is 2.15. The Morgan fingerprint density at radius 2 is 2.35 bits per heavy atom. The van der Waals surface area contributed by atoms with Gasteiger partial charge in [0, 0.05) is 17.5 Å². The molecule has 0 saturated carbocycles. The Hall–Kier alpha value is -0.780. The zero-order chi connectivity index (χ0) is 12.8. The second-order valence-electron chi connectivity index (χ2n) is 3.44. The van der Waals surface area contributed by atoms with Crippen LogP contribution in [0, 0.1) is 0 Å². The van der Waals surface area contributed by atoms with Gasteiger partial charge in [-0.2, -0.15) is 0 Å². The third-order valence-electron chi connectivity index (χ3n) is 2.09. The average Bonchev–Trinajstić information content (AvgIpc) is 2.28. The zero-order valence-corrected chi connectivity index (χ0v) is 11.6. The van der Waals surface area contributed by atoms with Crippen LogP contribution >= 0.6 is 27.5 Å². The molecule has 0 saturated heterocycles. The predicted molar refractivity (Wildman–Crippen MR) is 69.7 cm³/mol. The fourth-order valence-electron chi connectivity index (χ4n) is 1.29. The van der Waals surface area contributed by atoms with E-state index in [0.717, 1.165) is 0 Å². The van der Waals surface area contributed by atoms with Crippen LogP contribution in [0.5, 0.6) is 5.75 Å². The van der Waals surface area contributed by atoms with Crippen LogP contribution in [0.1, 0.15) is 10.4 Å². The standard InChI is InChI=1S/C11H13BrClNO3/c1-17-6-8(5-13)14-11(16)9-3-2-7(12)4-10(9)15/h2-4,8,15H,5-6H2,1H3,(H,14,16). The molecular weight excluding hydrogens is 309 g/mol. The minimum absolute atomic E-state index is 0.0809. The van der Waals surface area contributed by atoms with E-state index in [0.29, 0.717) is 11.1 Å². The molecule has 1 rings (SSSR count). The van der Waals surface area contributed by atoms with E-state index in [1.165, 1.54) is 19.2 Å². The second-order valence-corrected chi connectivity index (χ2v) is 4.67. The summed E-state index contributed by atoms with van der Waals surface area (Å²) >= 11 is 8.88. The molecule has 94 valence electrons. The molecule has 0 heterocycles. The molecule has 2 N–H and O–H groups in total. The van der Waals surface area contributed by atoms with Gasteiger partial charge in [-0.15, -0.1) is 11.6 Å². The highest BCUT2D eigenvalue weighted by atomic mass is 79.9. The number of amides is 1. The van der Waals surface area contributed by atoms with Gasteiger partial charge in [-0.3, -0.25) is 4.79 Å². The molecule has 1 unspecified atom stereocenters. The number of alkyl halides is 1. The summed E-state index contributed by atoms with van der Waals surface area (Å²) < 4.78 is 5.62. The Morgan fingerprint density at radius 3 is 2.88 bits per heavy atom. The zero-order valence-electron chi connectivity index (χ0n) is 9.24. The van der Waals surface area contributed by atoms with Crippen LogP contribution in [0.2, 0.25) is 0 Å². The molecule has 1 atom stereocenters. The molecule has 0 fully saturated rings. The van der Waals surface area contributed by atoms with Crippen LogP contribution in [0.3, 0.4) is 0 Å². The van der Waals surface area contributed by atoms with Crippen molar-refractivity contribution in [2.45, 2.75) is 6.04 Å². The average molecular weight is 323 g/mol. The fraction of sp³-hybridized carbons (Fsp3) is 0.364. The molecular formula is C11H13BrClNO3. The smallest absolute Gasteiger partial charge is 0.255 e. The Labute approximate surface area is 113 Å². The Bertz CT molecular complexity index is 400. The Kier molecular flexibility index (Phi) is 5.74. The van der Waals surface area contributed by atoms with Crippen molar-refractivity contribution >= 4 is 33.4 Å². The number of aromatic hydroxyl groups is 1. The van der Waals surface area contributed by atoms with Crippen molar-refractivity contribution in [3.63, 3.8) is 0 Å². The van der Waals surface area contributed by atoms with Crippen molar-refractivity contribution in [2.75, 3.05) is 19.6 Å². The normalized spacial score (nSPS) is 12.2. The second kappa shape index (κ2) is 6.83. The van der Waals surface area contributed by atoms with E-state index in [1.54, 1.807) is 6.07 Å². The first-order valence-corrected chi connectivity index (χ1v) is 6.25. The quantitative estimate of drug-likeness (QED) is 0.817. The molecule has 4 nitrogen and oxygen atoms in total. The maximum Gasteiger partial charge on any atom is 0.255 e. The first kappa shape index (κ1) is 14.3. The third-order valence-corrected chi connectivity index (χ3v) is 2.96. The van der Waals surface area contributed by atoms with E-state index in [1.807, 2.05) is 0 Å². The topological polar surface area (TPSA) is 58.6 Å². The van der Waals surface area contributed by atoms with Crippen molar-refractivity contribution < 1.29 is 14.6 Å². The molecule has 0 aliphatic carbocycles. The largest absolute Gasteiger partial charge is 0.507 e. The molecule has 1 aromatic rings. The van der Waals surface area contributed by atoms with Crippen LogP contribution in [-0.4, -0.2) is 36.7 Å². The number of ether oxygens (including phenoxy) is 1. The minimum Gasteiger partial charge on any atom is -0.507 e. The number of rotatable bonds is 5. The van der Waals surface area contributed by atoms with Gasteiger partial charge in [0.25, 0.3) is 5.91 Å². The lowest BCUT2D eigenvalue weighted by Crippen LogP contribution is -2.39. The summed E-state index contributed by atoms with van der Waals surface area (Å²) in [7, 11) is 1.53. The highest BCUT2D eigenvalue weighted by molar-refractivity contribution is 9.10. The summed E-state index contributed by atoms with van der Waals surface area (Å²) in [4.78, 5) is 11.8. The Balaban J connectivity index is 2.75. The number of carbonyl (C=O) groups excluding carboxylic acids is 1. The van der Waals surface area contributed by atoms with E-state index in [2.05, 4.69) is 21.2 Å². The van der Waals surface area contributed by atoms with Crippen LogP contribution in [0.15, 0.2) is 22.7 Å². The number of carbonyl (C=O) groups is 1. The van der Waals surface area contributed by atoms with Gasteiger partial charge in [0.05, 0.1) is 18.2 Å². The summed E-state index contributed by atoms with van der Waals surface area (Å²) in [5, 5.41) is 12.3. The molecule has 17 heavy (non-hydrogen) atoms. The van der Waals surface area contributed by atoms with Crippen molar-refractivity contribution in [1.82, 2.24) is 5.32 Å². The maximum atomic E-state index is 11.8. The van der Waals surface area contributed by atoms with Gasteiger partial charge in [-0.1, -0.05) is 15.9 Å². The van der Waals surface area contributed by atoms with Gasteiger partial charge < -0.3 is 15.2 Å². The monoisotopic (exact) mass is 321 g/mol. The number of phenolic OH excluding ortho intramolecular Hbond substituents is 1. The summed E-state index contributed by atoms with van der Waals surface area (Å²) in [6.07, 6.45) is 0. The Morgan fingerprint density at radius 1 is 1.65 bits per heavy atom. The van der Waals surface area contributed by atoms with Crippen LogP contribution in [-0.2, 0) is 4.74 Å². The van der Waals surface area contributed by atoms with E-state index >= 15 is 0 Å². The molecule has 0 aliphatic rings. The number of benzene rings is 1. The van der Waals surface area contributed by atoms with Crippen LogP contribution in [0.25, 0.3) is 0 Å². The lowest BCUT2D eigenvalue weighted by Gasteiger charge is -2.15. The van der Waals surface area contributed by atoms with E-state index < -0.39 is 0 Å². The van der Waals surface area contributed by atoms with Gasteiger partial charge in [0.2, 0.25) is 0 Å². The summed E-state index contributed by atoms with van der Waals surface area (Å²) in [6.45, 7) is 0.326. The van der Waals surface area contributed by atoms with Crippen molar-refractivity contribution in [1.29, 1.82) is 0 Å². The summed E-state index contributed by atoms with van der Waals surface area (Å²) in [6, 6.07) is 4.39. The number of methoxy groups -OCH3 is 1. The summed E-state index contributed by atoms with van der Waals surface area (Å²) in [5.41, 5.74) is 0.208. The molecule has 6 heteroatoms. The van der Waals surface area contributed by atoms with Crippen LogP contribution in [0.4, 0.5) is 0 Å². The first-order chi connectivity index (χ1) is 8.08. The minimum atomic E-state index is -0.377. The van der Waals surface area contributed by atoms with Gasteiger partial charge in [-0.05, 0) is 18.2 Å². The van der Waals surface area contributed by atoms with E-state index in [-0.39, 0.29) is 29.1 Å². The lowest BCUT2D eigenvalue weighted by molar-refractivity contribution is 0.0904. The SMILES string of the molecule is COCC(CCl)NC(=O)c1ccc(Br)cc1O. The van der Waals surface area contributed by atoms with Crippen molar-refractivity contribution in [3.8, 4) is 5.75 Å². The third kappa shape index (κ3) is 4.18.